The van der Waals surface area contributed by atoms with Gasteiger partial charge in [0.2, 0.25) is 0 Å². The quantitative estimate of drug-likeness (QED) is 0.220. The number of imidazole rings is 1. The van der Waals surface area contributed by atoms with Gasteiger partial charge in [-0.3, -0.25) is 14.3 Å². The molecule has 0 radical (unpaired) electrons. The van der Waals surface area contributed by atoms with Crippen molar-refractivity contribution in [3.8, 4) is 5.75 Å². The Hall–Kier alpha value is -2.23. The SMILES string of the molecule is CCCCCCCCCCSc1nc2c(c(=O)[nH]c(=O)n2C)n1CC(O)COc1ccc(Cl)cc1. The van der Waals surface area contributed by atoms with E-state index in [1.165, 1.54) is 43.1 Å². The Morgan fingerprint density at radius 2 is 1.74 bits per heavy atom. The zero-order valence-electron chi connectivity index (χ0n) is 20.5. The first-order valence-corrected chi connectivity index (χ1v) is 13.7. The number of aromatic amines is 1. The second-order valence-electron chi connectivity index (χ2n) is 8.74. The number of hydrogen-bond acceptors (Lipinski definition) is 6. The van der Waals surface area contributed by atoms with Crippen molar-refractivity contribution in [1.29, 1.82) is 0 Å². The van der Waals surface area contributed by atoms with Crippen LogP contribution in [-0.2, 0) is 13.6 Å². The summed E-state index contributed by atoms with van der Waals surface area (Å²) in [5, 5.41) is 11.9. The van der Waals surface area contributed by atoms with E-state index in [9.17, 15) is 14.7 Å². The van der Waals surface area contributed by atoms with E-state index in [0.29, 0.717) is 21.6 Å². The first-order valence-electron chi connectivity index (χ1n) is 12.3. The number of halogens is 1. The minimum Gasteiger partial charge on any atom is -0.491 e. The van der Waals surface area contributed by atoms with Crippen LogP contribution in [-0.4, -0.2) is 42.7 Å². The normalized spacial score (nSPS) is 12.3. The number of unbranched alkanes of at least 4 members (excludes halogenated alkanes) is 7. The maximum Gasteiger partial charge on any atom is 0.329 e. The maximum absolute atomic E-state index is 12.6. The van der Waals surface area contributed by atoms with E-state index >= 15 is 0 Å². The number of aromatic nitrogens is 4. The van der Waals surface area contributed by atoms with Gasteiger partial charge in [-0.15, -0.1) is 0 Å². The van der Waals surface area contributed by atoms with Gasteiger partial charge in [0.1, 0.15) is 18.5 Å². The molecule has 192 valence electrons. The van der Waals surface area contributed by atoms with Gasteiger partial charge in [0.15, 0.2) is 16.3 Å². The van der Waals surface area contributed by atoms with Gasteiger partial charge in [-0.2, -0.15) is 0 Å². The molecule has 35 heavy (non-hydrogen) atoms. The van der Waals surface area contributed by atoms with Gasteiger partial charge >= 0.3 is 5.69 Å². The number of fused-ring (bicyclic) bond motifs is 1. The minimum atomic E-state index is -0.887. The summed E-state index contributed by atoms with van der Waals surface area (Å²) in [7, 11) is 1.57. The number of nitrogens with one attached hydrogen (secondary N) is 1. The summed E-state index contributed by atoms with van der Waals surface area (Å²) in [6, 6.07) is 6.89. The van der Waals surface area contributed by atoms with E-state index in [-0.39, 0.29) is 18.7 Å². The third kappa shape index (κ3) is 7.88. The molecule has 3 aromatic rings. The molecule has 0 saturated carbocycles. The molecular weight excluding hydrogens is 488 g/mol. The van der Waals surface area contributed by atoms with Crippen molar-refractivity contribution < 1.29 is 9.84 Å². The summed E-state index contributed by atoms with van der Waals surface area (Å²) in [5.41, 5.74) is -0.446. The molecule has 1 aromatic carbocycles. The standard InChI is InChI=1S/C25H35ClN4O4S/c1-3-4-5-6-7-8-9-10-15-35-25-27-22-21(23(32)28-24(33)29(22)2)30(25)16-19(31)17-34-20-13-11-18(26)12-14-20/h11-14,19,31H,3-10,15-17H2,1-2H3,(H,28,32,33). The van der Waals surface area contributed by atoms with Crippen molar-refractivity contribution in [1.82, 2.24) is 19.1 Å². The first kappa shape index (κ1) is 27.4. The Morgan fingerprint density at radius 1 is 1.09 bits per heavy atom. The third-order valence-electron chi connectivity index (χ3n) is 5.85. The van der Waals surface area contributed by atoms with E-state index in [1.807, 2.05) is 0 Å². The predicted octanol–water partition coefficient (Wildman–Crippen LogP) is 4.75. The van der Waals surface area contributed by atoms with Crippen molar-refractivity contribution in [3.63, 3.8) is 0 Å². The fourth-order valence-corrected chi connectivity index (χ4v) is 5.01. The fourth-order valence-electron chi connectivity index (χ4n) is 3.88. The minimum absolute atomic E-state index is 0.0348. The van der Waals surface area contributed by atoms with E-state index in [1.54, 1.807) is 47.6 Å². The van der Waals surface area contributed by atoms with Crippen LogP contribution >= 0.6 is 23.4 Å². The van der Waals surface area contributed by atoms with Crippen LogP contribution in [0.1, 0.15) is 58.3 Å². The van der Waals surface area contributed by atoms with E-state index in [2.05, 4.69) is 16.9 Å². The summed E-state index contributed by atoms with van der Waals surface area (Å²) in [6.07, 6.45) is 8.96. The summed E-state index contributed by atoms with van der Waals surface area (Å²) in [5.74, 6) is 1.44. The second kappa shape index (κ2) is 13.8. The molecule has 0 fully saturated rings. The Labute approximate surface area is 214 Å². The Bertz CT molecular complexity index is 1190. The highest BCUT2D eigenvalue weighted by Gasteiger charge is 2.20. The molecule has 0 aliphatic heterocycles. The van der Waals surface area contributed by atoms with Gasteiger partial charge in [-0.25, -0.2) is 9.78 Å². The highest BCUT2D eigenvalue weighted by molar-refractivity contribution is 7.99. The van der Waals surface area contributed by atoms with Crippen LogP contribution < -0.4 is 16.0 Å². The van der Waals surface area contributed by atoms with Crippen LogP contribution in [0, 0.1) is 0 Å². The van der Waals surface area contributed by atoms with Crippen LogP contribution in [0.25, 0.3) is 11.2 Å². The van der Waals surface area contributed by atoms with Gasteiger partial charge in [0.05, 0.1) is 6.54 Å². The average molecular weight is 523 g/mol. The van der Waals surface area contributed by atoms with Crippen molar-refractivity contribution in [2.24, 2.45) is 7.05 Å². The Balaban J connectivity index is 1.66. The molecule has 0 aliphatic carbocycles. The highest BCUT2D eigenvalue weighted by atomic mass is 35.5. The Kier molecular flexibility index (Phi) is 10.7. The Morgan fingerprint density at radius 3 is 2.43 bits per heavy atom. The van der Waals surface area contributed by atoms with E-state index in [0.717, 1.165) is 18.6 Å². The zero-order valence-corrected chi connectivity index (χ0v) is 22.0. The number of aliphatic hydroxyl groups excluding tert-OH is 1. The predicted molar refractivity (Wildman–Crippen MR) is 142 cm³/mol. The average Bonchev–Trinajstić information content (AvgIpc) is 3.19. The molecule has 0 aliphatic rings. The molecule has 3 rings (SSSR count). The number of rotatable bonds is 15. The van der Waals surface area contributed by atoms with E-state index < -0.39 is 17.4 Å². The molecule has 0 bridgehead atoms. The van der Waals surface area contributed by atoms with Gasteiger partial charge in [-0.05, 0) is 30.7 Å². The largest absolute Gasteiger partial charge is 0.491 e. The van der Waals surface area contributed by atoms with Crippen LogP contribution in [0.3, 0.4) is 0 Å². The van der Waals surface area contributed by atoms with Gasteiger partial charge in [0.25, 0.3) is 5.56 Å². The van der Waals surface area contributed by atoms with Crippen LogP contribution in [0.15, 0.2) is 39.0 Å². The molecular formula is C25H35ClN4O4S. The number of H-pyrrole nitrogens is 1. The number of aryl methyl sites for hydroxylation is 1. The summed E-state index contributed by atoms with van der Waals surface area (Å²) < 4.78 is 8.68. The summed E-state index contributed by atoms with van der Waals surface area (Å²) >= 11 is 7.44. The smallest absolute Gasteiger partial charge is 0.329 e. The molecule has 0 spiro atoms. The van der Waals surface area contributed by atoms with E-state index in [4.69, 9.17) is 16.3 Å². The molecule has 8 nitrogen and oxygen atoms in total. The lowest BCUT2D eigenvalue weighted by atomic mass is 10.1. The molecule has 2 N–H and O–H groups in total. The lowest BCUT2D eigenvalue weighted by Gasteiger charge is -2.15. The topological polar surface area (TPSA) is 102 Å². The molecule has 2 heterocycles. The summed E-state index contributed by atoms with van der Waals surface area (Å²) in [4.78, 5) is 31.6. The monoisotopic (exact) mass is 522 g/mol. The number of nitrogens with zero attached hydrogens (tertiary/aromatic N) is 3. The van der Waals surface area contributed by atoms with Crippen molar-refractivity contribution >= 4 is 34.5 Å². The molecule has 1 unspecified atom stereocenters. The number of hydrogen-bond donors (Lipinski definition) is 2. The fraction of sp³-hybridized carbons (Fsp3) is 0.560. The molecule has 0 saturated heterocycles. The molecule has 1 atom stereocenters. The zero-order chi connectivity index (χ0) is 25.2. The van der Waals surface area contributed by atoms with Crippen molar-refractivity contribution in [2.75, 3.05) is 12.4 Å². The molecule has 2 aromatic heterocycles. The maximum atomic E-state index is 12.6. The van der Waals surface area contributed by atoms with Crippen molar-refractivity contribution in [3.05, 3.63) is 50.1 Å². The molecule has 0 amide bonds. The van der Waals surface area contributed by atoms with Crippen LogP contribution in [0.5, 0.6) is 5.75 Å². The van der Waals surface area contributed by atoms with Crippen molar-refractivity contribution in [2.45, 2.75) is 76.1 Å². The second-order valence-corrected chi connectivity index (χ2v) is 10.2. The lowest BCUT2D eigenvalue weighted by Crippen LogP contribution is -2.30. The summed E-state index contributed by atoms with van der Waals surface area (Å²) in [6.45, 7) is 2.38. The third-order valence-corrected chi connectivity index (χ3v) is 7.17. The van der Waals surface area contributed by atoms with Crippen LogP contribution in [0.2, 0.25) is 5.02 Å². The highest BCUT2D eigenvalue weighted by Crippen LogP contribution is 2.24. The lowest BCUT2D eigenvalue weighted by molar-refractivity contribution is 0.0914. The number of thioether (sulfide) groups is 1. The number of aliphatic hydroxyl groups is 1. The van der Waals surface area contributed by atoms with Crippen LogP contribution in [0.4, 0.5) is 0 Å². The first-order chi connectivity index (χ1) is 16.9. The van der Waals surface area contributed by atoms with Gasteiger partial charge in [0, 0.05) is 17.8 Å². The van der Waals surface area contributed by atoms with Gasteiger partial charge in [-0.1, -0.05) is 75.2 Å². The molecule has 10 heteroatoms. The number of benzene rings is 1. The van der Waals surface area contributed by atoms with Gasteiger partial charge < -0.3 is 14.4 Å². The number of ether oxygens (including phenoxy) is 1.